The molecule has 1 heterocycles. The highest BCUT2D eigenvalue weighted by molar-refractivity contribution is 5.82. The van der Waals surface area contributed by atoms with Crippen LogP contribution in [-0.4, -0.2) is 56.1 Å². The number of imidazole rings is 1. The van der Waals surface area contributed by atoms with Crippen LogP contribution in [0.1, 0.15) is 18.7 Å². The van der Waals surface area contributed by atoms with Crippen LogP contribution in [-0.2, 0) is 16.1 Å². The summed E-state index contributed by atoms with van der Waals surface area (Å²) in [5, 5.41) is 19.7. The Hall–Kier alpha value is -2.58. The number of nitrogens with zero attached hydrogens (tertiary/aromatic N) is 2. The van der Waals surface area contributed by atoms with Gasteiger partial charge >= 0.3 is 18.0 Å². The molecule has 0 aliphatic heterocycles. The Labute approximate surface area is 114 Å². The van der Waals surface area contributed by atoms with Crippen LogP contribution >= 0.6 is 0 Å². The van der Waals surface area contributed by atoms with Crippen molar-refractivity contribution in [3.05, 3.63) is 18.2 Å². The summed E-state index contributed by atoms with van der Waals surface area (Å²) < 4.78 is 0. The molecule has 0 saturated carbocycles. The Morgan fingerprint density at radius 2 is 2.15 bits per heavy atom. The van der Waals surface area contributed by atoms with E-state index in [0.717, 1.165) is 0 Å². The lowest BCUT2D eigenvalue weighted by atomic mass is 10.1. The molecule has 1 unspecified atom stereocenters. The van der Waals surface area contributed by atoms with Gasteiger partial charge in [0.2, 0.25) is 0 Å². The number of carbonyl (C=O) groups is 3. The molecule has 4 N–H and O–H groups in total. The molecule has 0 spiro atoms. The quantitative estimate of drug-likeness (QED) is 0.550. The van der Waals surface area contributed by atoms with Gasteiger partial charge in [-0.3, -0.25) is 4.79 Å². The van der Waals surface area contributed by atoms with E-state index in [1.807, 2.05) is 0 Å². The van der Waals surface area contributed by atoms with Crippen molar-refractivity contribution in [1.29, 1.82) is 0 Å². The summed E-state index contributed by atoms with van der Waals surface area (Å²) in [6.07, 6.45) is 2.63. The maximum Gasteiger partial charge on any atom is 0.326 e. The minimum atomic E-state index is -1.27. The van der Waals surface area contributed by atoms with Gasteiger partial charge in [0.25, 0.3) is 0 Å². The van der Waals surface area contributed by atoms with Gasteiger partial charge in [-0.1, -0.05) is 0 Å². The monoisotopic (exact) mass is 284 g/mol. The summed E-state index contributed by atoms with van der Waals surface area (Å²) in [5.74, 6) is -1.83. The van der Waals surface area contributed by atoms with E-state index in [1.165, 1.54) is 18.1 Å². The molecule has 9 nitrogen and oxygen atoms in total. The van der Waals surface area contributed by atoms with Gasteiger partial charge in [0, 0.05) is 25.9 Å². The van der Waals surface area contributed by atoms with Crippen LogP contribution < -0.4 is 5.32 Å². The Kier molecular flexibility index (Phi) is 5.51. The molecule has 1 aromatic rings. The second kappa shape index (κ2) is 7.12. The number of hydrogen-bond donors (Lipinski definition) is 4. The summed E-state index contributed by atoms with van der Waals surface area (Å²) >= 11 is 0. The summed E-state index contributed by atoms with van der Waals surface area (Å²) in [7, 11) is 1.48. The van der Waals surface area contributed by atoms with Crippen molar-refractivity contribution >= 4 is 18.0 Å². The number of carboxylic acid groups (broad SMARTS) is 2. The molecule has 20 heavy (non-hydrogen) atoms. The zero-order valence-corrected chi connectivity index (χ0v) is 10.9. The fraction of sp³-hybridized carbons (Fsp3) is 0.455. The molecule has 1 rings (SSSR count). The van der Waals surface area contributed by atoms with E-state index in [4.69, 9.17) is 10.2 Å². The number of rotatable bonds is 7. The van der Waals surface area contributed by atoms with E-state index in [1.54, 1.807) is 6.20 Å². The average Bonchev–Trinajstić information content (AvgIpc) is 2.86. The van der Waals surface area contributed by atoms with Crippen LogP contribution in [0.15, 0.2) is 12.4 Å². The topological polar surface area (TPSA) is 136 Å². The van der Waals surface area contributed by atoms with Crippen molar-refractivity contribution < 1.29 is 24.6 Å². The molecular weight excluding hydrogens is 268 g/mol. The molecule has 0 bridgehead atoms. The van der Waals surface area contributed by atoms with Gasteiger partial charge in [0.15, 0.2) is 0 Å². The highest BCUT2D eigenvalue weighted by Crippen LogP contribution is 2.01. The molecule has 2 amide bonds. The van der Waals surface area contributed by atoms with E-state index < -0.39 is 24.0 Å². The minimum Gasteiger partial charge on any atom is -0.481 e. The van der Waals surface area contributed by atoms with Crippen LogP contribution in [0.2, 0.25) is 0 Å². The number of aromatic nitrogens is 2. The number of H-pyrrole nitrogens is 1. The first-order chi connectivity index (χ1) is 9.40. The van der Waals surface area contributed by atoms with Crippen molar-refractivity contribution in [1.82, 2.24) is 20.2 Å². The molecule has 0 radical (unpaired) electrons. The van der Waals surface area contributed by atoms with Crippen LogP contribution in [0.25, 0.3) is 0 Å². The fourth-order valence-electron chi connectivity index (χ4n) is 1.47. The molecular formula is C11H16N4O5. The van der Waals surface area contributed by atoms with Gasteiger partial charge in [0.05, 0.1) is 6.54 Å². The number of amides is 2. The van der Waals surface area contributed by atoms with Crippen molar-refractivity contribution in [3.8, 4) is 0 Å². The van der Waals surface area contributed by atoms with Crippen LogP contribution in [0.3, 0.4) is 0 Å². The Morgan fingerprint density at radius 3 is 2.65 bits per heavy atom. The van der Waals surface area contributed by atoms with Crippen LogP contribution in [0, 0.1) is 0 Å². The fourth-order valence-corrected chi connectivity index (χ4v) is 1.47. The van der Waals surface area contributed by atoms with Crippen LogP contribution in [0.5, 0.6) is 0 Å². The third kappa shape index (κ3) is 4.96. The van der Waals surface area contributed by atoms with Gasteiger partial charge < -0.3 is 25.4 Å². The SMILES string of the molecule is CN(Cc1ncc[nH]1)C(=O)NC(CCC(=O)O)C(=O)O. The van der Waals surface area contributed by atoms with E-state index in [-0.39, 0.29) is 19.4 Å². The largest absolute Gasteiger partial charge is 0.481 e. The van der Waals surface area contributed by atoms with Crippen molar-refractivity contribution in [2.75, 3.05) is 7.05 Å². The maximum atomic E-state index is 11.8. The van der Waals surface area contributed by atoms with E-state index >= 15 is 0 Å². The third-order valence-electron chi connectivity index (χ3n) is 2.53. The molecule has 1 aromatic heterocycles. The molecule has 110 valence electrons. The number of nitrogens with one attached hydrogen (secondary N) is 2. The second-order valence-corrected chi connectivity index (χ2v) is 4.16. The Bertz CT molecular complexity index is 473. The lowest BCUT2D eigenvalue weighted by Gasteiger charge is -2.20. The standard InChI is InChI=1S/C11H16N4O5/c1-15(6-8-12-4-5-13-8)11(20)14-7(10(18)19)2-3-9(16)17/h4-5,7H,2-3,6H2,1H3,(H,12,13)(H,14,20)(H,16,17)(H,18,19). The first-order valence-electron chi connectivity index (χ1n) is 5.84. The molecule has 0 aliphatic rings. The molecule has 0 saturated heterocycles. The molecule has 0 aromatic carbocycles. The normalized spacial score (nSPS) is 11.7. The summed E-state index contributed by atoms with van der Waals surface area (Å²) in [5.41, 5.74) is 0. The highest BCUT2D eigenvalue weighted by atomic mass is 16.4. The highest BCUT2D eigenvalue weighted by Gasteiger charge is 2.22. The van der Waals surface area contributed by atoms with Crippen LogP contribution in [0.4, 0.5) is 4.79 Å². The number of aliphatic carboxylic acids is 2. The Morgan fingerprint density at radius 1 is 1.45 bits per heavy atom. The van der Waals surface area contributed by atoms with E-state index in [2.05, 4.69) is 15.3 Å². The van der Waals surface area contributed by atoms with E-state index in [0.29, 0.717) is 5.82 Å². The van der Waals surface area contributed by atoms with E-state index in [9.17, 15) is 14.4 Å². The Balaban J connectivity index is 2.52. The summed E-state index contributed by atoms with van der Waals surface area (Å²) in [6.45, 7) is 0.185. The first-order valence-corrected chi connectivity index (χ1v) is 5.84. The molecule has 9 heteroatoms. The van der Waals surface area contributed by atoms with Gasteiger partial charge in [-0.15, -0.1) is 0 Å². The predicted molar refractivity (Wildman–Crippen MR) is 66.9 cm³/mol. The van der Waals surface area contributed by atoms with Crippen molar-refractivity contribution in [2.24, 2.45) is 0 Å². The summed E-state index contributed by atoms with van der Waals surface area (Å²) in [4.78, 5) is 41.2. The number of aromatic amines is 1. The van der Waals surface area contributed by atoms with Crippen molar-refractivity contribution in [2.45, 2.75) is 25.4 Å². The number of urea groups is 1. The zero-order valence-electron chi connectivity index (χ0n) is 10.9. The first kappa shape index (κ1) is 15.5. The number of hydrogen-bond acceptors (Lipinski definition) is 4. The minimum absolute atomic E-state index is 0.176. The second-order valence-electron chi connectivity index (χ2n) is 4.16. The zero-order chi connectivity index (χ0) is 15.1. The van der Waals surface area contributed by atoms with Gasteiger partial charge in [0.1, 0.15) is 11.9 Å². The van der Waals surface area contributed by atoms with Gasteiger partial charge in [-0.2, -0.15) is 0 Å². The molecule has 1 atom stereocenters. The average molecular weight is 284 g/mol. The summed E-state index contributed by atoms with van der Waals surface area (Å²) in [6, 6.07) is -1.85. The smallest absolute Gasteiger partial charge is 0.326 e. The van der Waals surface area contributed by atoms with Gasteiger partial charge in [-0.05, 0) is 6.42 Å². The molecule has 0 fully saturated rings. The van der Waals surface area contributed by atoms with Gasteiger partial charge in [-0.25, -0.2) is 14.6 Å². The predicted octanol–water partition coefficient (Wildman–Crippen LogP) is -0.131. The lowest BCUT2D eigenvalue weighted by Crippen LogP contribution is -2.46. The lowest BCUT2D eigenvalue weighted by molar-refractivity contribution is -0.140. The third-order valence-corrected chi connectivity index (χ3v) is 2.53. The maximum absolute atomic E-state index is 11.8. The molecule has 0 aliphatic carbocycles. The number of carboxylic acids is 2. The van der Waals surface area contributed by atoms with Crippen molar-refractivity contribution in [3.63, 3.8) is 0 Å². The number of carbonyl (C=O) groups excluding carboxylic acids is 1.